The molecule has 0 atom stereocenters. The molecule has 0 aliphatic carbocycles. The lowest BCUT2D eigenvalue weighted by Gasteiger charge is -2.23. The van der Waals surface area contributed by atoms with Crippen LogP contribution in [0.4, 0.5) is 5.69 Å². The number of carbonyl (C=O) groups excluding carboxylic acids is 3. The number of benzene rings is 5. The van der Waals surface area contributed by atoms with Gasteiger partial charge in [0.15, 0.2) is 0 Å². The molecule has 0 saturated heterocycles. The van der Waals surface area contributed by atoms with E-state index in [1.54, 1.807) is 122 Å². The molecule has 9 aromatic rings. The summed E-state index contributed by atoms with van der Waals surface area (Å²) in [5.74, 6) is -1.40. The van der Waals surface area contributed by atoms with E-state index in [2.05, 4.69) is 30.6 Å². The number of nitrogens with zero attached hydrogens (tertiary/aromatic N) is 4. The average molecular weight is 986 g/mol. The average Bonchev–Trinajstić information content (AvgIpc) is 4.04. The molecule has 16 nitrogen and oxygen atoms in total. The van der Waals surface area contributed by atoms with Crippen LogP contribution >= 0.6 is 0 Å². The molecule has 3 amide bonds. The van der Waals surface area contributed by atoms with E-state index in [-0.39, 0.29) is 59.8 Å². The van der Waals surface area contributed by atoms with Crippen molar-refractivity contribution in [1.29, 1.82) is 0 Å². The third-order valence-corrected chi connectivity index (χ3v) is 15.7. The van der Waals surface area contributed by atoms with Crippen LogP contribution in [0.15, 0.2) is 180 Å². The number of amides is 3. The van der Waals surface area contributed by atoms with Crippen LogP contribution in [0.25, 0.3) is 32.9 Å². The number of para-hydroxylation sites is 1. The molecule has 4 heterocycles. The molecule has 4 aromatic heterocycles. The van der Waals surface area contributed by atoms with E-state index < -0.39 is 26.0 Å². The van der Waals surface area contributed by atoms with Crippen molar-refractivity contribution < 1.29 is 31.2 Å². The van der Waals surface area contributed by atoms with Gasteiger partial charge in [-0.25, -0.2) is 21.1 Å². The van der Waals surface area contributed by atoms with E-state index in [0.29, 0.717) is 49.2 Å². The third-order valence-electron chi connectivity index (χ3n) is 12.1. The summed E-state index contributed by atoms with van der Waals surface area (Å²) in [5.41, 5.74) is 12.5. The number of aromatic nitrogens is 4. The van der Waals surface area contributed by atoms with Crippen LogP contribution < -0.4 is 16.4 Å². The number of hydrogen-bond acceptors (Lipinski definition) is 10. The Morgan fingerprint density at radius 3 is 1.72 bits per heavy atom. The predicted octanol–water partition coefficient (Wildman–Crippen LogP) is 7.33. The maximum Gasteiger partial charge on any atom is 0.267 e. The highest BCUT2D eigenvalue weighted by molar-refractivity contribution is 7.90. The van der Waals surface area contributed by atoms with Gasteiger partial charge in [-0.15, -0.1) is 0 Å². The molecule has 0 aliphatic heterocycles. The molecular weight excluding hydrogens is 939 g/mol. The first kappa shape index (κ1) is 47.6. The molecule has 0 fully saturated rings. The number of likely N-dealkylation sites (N-methyl/N-ethyl adjacent to an activating group) is 1. The fourth-order valence-electron chi connectivity index (χ4n) is 8.07. The molecule has 0 spiro atoms. The highest BCUT2D eigenvalue weighted by atomic mass is 32.2. The largest absolute Gasteiger partial charge is 0.398 e. The Bertz CT molecular complexity index is 3590. The van der Waals surface area contributed by atoms with Gasteiger partial charge in [0.05, 0.1) is 16.2 Å². The minimum atomic E-state index is -4.47. The fraction of sp³-hybridized carbons (Fsp3) is 0.113. The molecule has 358 valence electrons. The molecule has 9 rings (SSSR count). The number of rotatable bonds is 17. The second-order valence-electron chi connectivity index (χ2n) is 16.8. The highest BCUT2D eigenvalue weighted by Gasteiger charge is 2.30. The van der Waals surface area contributed by atoms with Crippen molar-refractivity contribution in [2.45, 2.75) is 42.4 Å². The van der Waals surface area contributed by atoms with E-state index in [4.69, 9.17) is 5.73 Å². The predicted molar refractivity (Wildman–Crippen MR) is 270 cm³/mol. The van der Waals surface area contributed by atoms with E-state index >= 15 is 0 Å². The van der Waals surface area contributed by atoms with E-state index in [0.717, 1.165) is 27.4 Å². The first-order valence-corrected chi connectivity index (χ1v) is 25.2. The number of sulfonamides is 2. The number of anilines is 1. The molecule has 0 saturated carbocycles. The molecule has 18 heteroatoms. The second kappa shape index (κ2) is 20.3. The molecule has 0 bridgehead atoms. The van der Waals surface area contributed by atoms with Crippen LogP contribution in [-0.4, -0.2) is 70.2 Å². The molecular formula is C53H47N9O7S2. The Labute approximate surface area is 409 Å². The summed E-state index contributed by atoms with van der Waals surface area (Å²) in [6.07, 6.45) is 6.31. The van der Waals surface area contributed by atoms with Gasteiger partial charge in [0, 0.05) is 91.1 Å². The Morgan fingerprint density at radius 2 is 1.13 bits per heavy atom. The van der Waals surface area contributed by atoms with Crippen molar-refractivity contribution >= 4 is 65.3 Å². The molecule has 0 radical (unpaired) electrons. The van der Waals surface area contributed by atoms with E-state index in [9.17, 15) is 31.2 Å². The van der Waals surface area contributed by atoms with Gasteiger partial charge in [-0.2, -0.15) is 4.31 Å². The van der Waals surface area contributed by atoms with Gasteiger partial charge < -0.3 is 26.3 Å². The number of nitrogens with two attached hydrogens (primary N) is 1. The fourth-order valence-corrected chi connectivity index (χ4v) is 10.8. The van der Waals surface area contributed by atoms with Crippen LogP contribution in [0.2, 0.25) is 0 Å². The quantitative estimate of drug-likeness (QED) is 0.0570. The van der Waals surface area contributed by atoms with E-state index in [1.807, 2.05) is 30.3 Å². The first-order chi connectivity index (χ1) is 34.2. The maximum absolute atomic E-state index is 14.5. The van der Waals surface area contributed by atoms with Crippen molar-refractivity contribution in [2.75, 3.05) is 12.8 Å². The van der Waals surface area contributed by atoms with Crippen molar-refractivity contribution in [3.63, 3.8) is 0 Å². The lowest BCUT2D eigenvalue weighted by Crippen LogP contribution is -2.34. The van der Waals surface area contributed by atoms with Gasteiger partial charge >= 0.3 is 0 Å². The Morgan fingerprint density at radius 1 is 0.592 bits per heavy atom. The molecule has 0 aliphatic rings. The first-order valence-electron chi connectivity index (χ1n) is 22.4. The van der Waals surface area contributed by atoms with Gasteiger partial charge in [0.1, 0.15) is 11.4 Å². The van der Waals surface area contributed by atoms with E-state index in [1.165, 1.54) is 29.6 Å². The smallest absolute Gasteiger partial charge is 0.267 e. The summed E-state index contributed by atoms with van der Waals surface area (Å²) >= 11 is 0. The number of fused-ring (bicyclic) bond motifs is 2. The van der Waals surface area contributed by atoms with Crippen molar-refractivity contribution in [3.8, 4) is 11.1 Å². The zero-order chi connectivity index (χ0) is 49.7. The molecule has 5 aromatic carbocycles. The standard InChI is InChI=1S/C53H47N9O7S2/c1-61(51(63)28-40-9-5-6-10-45(40)54)71(68,69)50-20-15-38(30-58-53(65)49-27-42-32-56-24-22-47(42)60-49)25-44(50)39-16-11-37(12-17-39)34-62(33-36-7-3-2-4-8-36)70(66,67)43-18-13-35(14-19-43)29-57-52(64)48-26-41-31-55-23-21-46(41)59-48/h2-27,31-32,59-60H,28-30,33-34,54H2,1H3,(H,57,64)(H,58,65). The summed E-state index contributed by atoms with van der Waals surface area (Å²) in [7, 11) is -7.38. The van der Waals surface area contributed by atoms with Crippen LogP contribution in [0.3, 0.4) is 0 Å². The SMILES string of the molecule is CN(C(=O)Cc1ccccc1N)S(=O)(=O)c1ccc(CNC(=O)c2cc3cnccc3[nH]2)cc1-c1ccc(CN(Cc2ccccc2)S(=O)(=O)c2ccc(CNC(=O)c3cc4cnccc4[nH]3)cc2)cc1. The van der Waals surface area contributed by atoms with Crippen molar-refractivity contribution in [3.05, 3.63) is 210 Å². The number of aromatic amines is 2. The zero-order valence-electron chi connectivity index (χ0n) is 38.2. The number of nitrogens with one attached hydrogen (secondary N) is 4. The van der Waals surface area contributed by atoms with Gasteiger partial charge in [-0.3, -0.25) is 24.4 Å². The summed E-state index contributed by atoms with van der Waals surface area (Å²) in [4.78, 5) is 54.0. The van der Waals surface area contributed by atoms with Crippen LogP contribution in [0.1, 0.15) is 48.8 Å². The number of pyridine rings is 2. The van der Waals surface area contributed by atoms with Crippen LogP contribution in [0.5, 0.6) is 0 Å². The topological polar surface area (TPSA) is 233 Å². The van der Waals surface area contributed by atoms with Crippen LogP contribution in [0, 0.1) is 0 Å². The Balaban J connectivity index is 0.970. The summed E-state index contributed by atoms with van der Waals surface area (Å²) in [6, 6.07) is 40.7. The lowest BCUT2D eigenvalue weighted by atomic mass is 10.0. The number of hydrogen-bond donors (Lipinski definition) is 5. The normalized spacial score (nSPS) is 11.7. The number of H-pyrrole nitrogens is 2. The van der Waals surface area contributed by atoms with Crippen molar-refractivity contribution in [1.82, 2.24) is 39.2 Å². The minimum Gasteiger partial charge on any atom is -0.398 e. The monoisotopic (exact) mass is 985 g/mol. The van der Waals surface area contributed by atoms with Gasteiger partial charge in [0.2, 0.25) is 15.9 Å². The highest BCUT2D eigenvalue weighted by Crippen LogP contribution is 2.32. The lowest BCUT2D eigenvalue weighted by molar-refractivity contribution is -0.124. The van der Waals surface area contributed by atoms with Crippen LogP contribution in [-0.2, 0) is 57.4 Å². The zero-order valence-corrected chi connectivity index (χ0v) is 39.9. The Kier molecular flexibility index (Phi) is 13.6. The van der Waals surface area contributed by atoms with Gasteiger partial charge in [-0.05, 0) is 88.0 Å². The number of nitrogen functional groups attached to an aromatic ring is 1. The maximum atomic E-state index is 14.5. The minimum absolute atomic E-state index is 0.0327. The second-order valence-corrected chi connectivity index (χ2v) is 20.7. The molecule has 0 unspecified atom stereocenters. The molecule has 6 N–H and O–H groups in total. The van der Waals surface area contributed by atoms with Gasteiger partial charge in [-0.1, -0.05) is 91.0 Å². The van der Waals surface area contributed by atoms with Gasteiger partial charge in [0.25, 0.3) is 21.8 Å². The van der Waals surface area contributed by atoms with Crippen molar-refractivity contribution in [2.24, 2.45) is 0 Å². The summed E-state index contributed by atoms with van der Waals surface area (Å²) < 4.78 is 59.8. The number of carbonyl (C=O) groups is 3. The third kappa shape index (κ3) is 10.6. The summed E-state index contributed by atoms with van der Waals surface area (Å²) in [5, 5.41) is 7.33. The molecule has 71 heavy (non-hydrogen) atoms. The summed E-state index contributed by atoms with van der Waals surface area (Å²) in [6.45, 7) is 0.191. The Hall–Kier alpha value is -8.45.